The van der Waals surface area contributed by atoms with Crippen LogP contribution in [-0.2, 0) is 20.9 Å². The summed E-state index contributed by atoms with van der Waals surface area (Å²) in [4.78, 5) is 24.3. The maximum Gasteiger partial charge on any atom is 0.319 e. The van der Waals surface area contributed by atoms with Gasteiger partial charge in [0.1, 0.15) is 5.92 Å². The van der Waals surface area contributed by atoms with Crippen molar-refractivity contribution in [1.82, 2.24) is 5.32 Å². The molecule has 1 amide bonds. The molecule has 1 unspecified atom stereocenters. The Balaban J connectivity index is 2.75. The van der Waals surface area contributed by atoms with Crippen LogP contribution in [0.5, 0.6) is 0 Å². The Hall–Kier alpha value is -1.55. The Morgan fingerprint density at radius 3 is 2.52 bits per heavy atom. The molecular weight excluding hydrogens is 290 g/mol. The summed E-state index contributed by atoms with van der Waals surface area (Å²) in [6.45, 7) is 7.83. The Labute approximate surface area is 130 Å². The van der Waals surface area contributed by atoms with Crippen molar-refractivity contribution in [3.05, 3.63) is 34.9 Å². The maximum absolute atomic E-state index is 12.3. The van der Waals surface area contributed by atoms with Crippen LogP contribution in [0.2, 0.25) is 5.02 Å². The lowest BCUT2D eigenvalue weighted by Gasteiger charge is -2.27. The molecule has 0 radical (unpaired) electrons. The van der Waals surface area contributed by atoms with Gasteiger partial charge >= 0.3 is 5.97 Å². The van der Waals surface area contributed by atoms with E-state index in [-0.39, 0.29) is 12.5 Å². The number of carbonyl (C=O) groups is 2. The van der Waals surface area contributed by atoms with Crippen molar-refractivity contribution in [2.45, 2.75) is 34.2 Å². The largest absolute Gasteiger partial charge is 0.465 e. The first-order valence-corrected chi connectivity index (χ1v) is 7.32. The minimum absolute atomic E-state index is 0.257. The Morgan fingerprint density at radius 2 is 2.00 bits per heavy atom. The number of hydrogen-bond donors (Lipinski definition) is 1. The fourth-order valence-electron chi connectivity index (χ4n) is 2.02. The number of rotatable bonds is 5. The molecule has 0 aliphatic heterocycles. The molecule has 1 aromatic carbocycles. The summed E-state index contributed by atoms with van der Waals surface area (Å²) >= 11 is 5.90. The zero-order chi connectivity index (χ0) is 16.0. The van der Waals surface area contributed by atoms with E-state index in [1.54, 1.807) is 19.1 Å². The second-order valence-corrected chi connectivity index (χ2v) is 6.34. The molecule has 0 spiro atoms. The topological polar surface area (TPSA) is 55.4 Å². The fourth-order valence-corrected chi connectivity index (χ4v) is 2.23. The molecule has 0 aliphatic rings. The van der Waals surface area contributed by atoms with E-state index in [2.05, 4.69) is 5.32 Å². The van der Waals surface area contributed by atoms with Gasteiger partial charge in [-0.15, -0.1) is 0 Å². The molecule has 116 valence electrons. The molecule has 1 rings (SSSR count). The third-order valence-electron chi connectivity index (χ3n) is 3.01. The Morgan fingerprint density at radius 1 is 1.33 bits per heavy atom. The monoisotopic (exact) mass is 311 g/mol. The van der Waals surface area contributed by atoms with Gasteiger partial charge in [-0.25, -0.2) is 0 Å². The minimum atomic E-state index is -0.836. The van der Waals surface area contributed by atoms with E-state index in [1.165, 1.54) is 0 Å². The van der Waals surface area contributed by atoms with Gasteiger partial charge in [-0.1, -0.05) is 44.5 Å². The smallest absolute Gasteiger partial charge is 0.319 e. The summed E-state index contributed by atoms with van der Waals surface area (Å²) in [5.41, 5.74) is 0.373. The SMILES string of the molecule is CCOC(=O)C(C(=O)NCc1cccc(Cl)c1)C(C)(C)C. The van der Waals surface area contributed by atoms with Crippen LogP contribution in [0.1, 0.15) is 33.3 Å². The number of esters is 1. The van der Waals surface area contributed by atoms with Gasteiger partial charge in [0.25, 0.3) is 0 Å². The highest BCUT2D eigenvalue weighted by molar-refractivity contribution is 6.30. The summed E-state index contributed by atoms with van der Waals surface area (Å²) in [7, 11) is 0. The molecular formula is C16H22ClNO3. The third-order valence-corrected chi connectivity index (χ3v) is 3.24. The molecule has 0 fully saturated rings. The summed E-state index contributed by atoms with van der Waals surface area (Å²) < 4.78 is 5.00. The van der Waals surface area contributed by atoms with Crippen molar-refractivity contribution < 1.29 is 14.3 Å². The predicted molar refractivity (Wildman–Crippen MR) is 82.9 cm³/mol. The van der Waals surface area contributed by atoms with Gasteiger partial charge in [0.05, 0.1) is 6.61 Å². The highest BCUT2D eigenvalue weighted by Gasteiger charge is 2.38. The standard InChI is InChI=1S/C16H22ClNO3/c1-5-21-15(20)13(16(2,3)4)14(19)18-10-11-7-6-8-12(17)9-11/h6-9,13H,5,10H2,1-4H3,(H,18,19). The predicted octanol–water partition coefficient (Wildman–Crippen LogP) is 3.18. The quantitative estimate of drug-likeness (QED) is 0.671. The lowest BCUT2D eigenvalue weighted by molar-refractivity contribution is -0.156. The van der Waals surface area contributed by atoms with Crippen LogP contribution in [0.4, 0.5) is 0 Å². The lowest BCUT2D eigenvalue weighted by Crippen LogP contribution is -2.43. The zero-order valence-electron chi connectivity index (χ0n) is 12.9. The van der Waals surface area contributed by atoms with E-state index in [1.807, 2.05) is 32.9 Å². The molecule has 1 aromatic rings. The van der Waals surface area contributed by atoms with E-state index in [0.29, 0.717) is 11.6 Å². The molecule has 0 bridgehead atoms. The molecule has 0 saturated heterocycles. The van der Waals surface area contributed by atoms with Crippen LogP contribution < -0.4 is 5.32 Å². The van der Waals surface area contributed by atoms with Crippen molar-refractivity contribution in [2.75, 3.05) is 6.61 Å². The zero-order valence-corrected chi connectivity index (χ0v) is 13.7. The second-order valence-electron chi connectivity index (χ2n) is 5.90. The van der Waals surface area contributed by atoms with Crippen molar-refractivity contribution in [1.29, 1.82) is 0 Å². The average Bonchev–Trinajstić information content (AvgIpc) is 2.35. The van der Waals surface area contributed by atoms with Crippen LogP contribution in [0.25, 0.3) is 0 Å². The number of amides is 1. The highest BCUT2D eigenvalue weighted by Crippen LogP contribution is 2.27. The van der Waals surface area contributed by atoms with Crippen molar-refractivity contribution >= 4 is 23.5 Å². The van der Waals surface area contributed by atoms with Crippen LogP contribution >= 0.6 is 11.6 Å². The van der Waals surface area contributed by atoms with Gasteiger partial charge in [0, 0.05) is 11.6 Å². The molecule has 0 heterocycles. The van der Waals surface area contributed by atoms with Gasteiger partial charge < -0.3 is 10.1 Å². The van der Waals surface area contributed by atoms with Crippen LogP contribution in [0, 0.1) is 11.3 Å². The Bertz CT molecular complexity index is 508. The average molecular weight is 312 g/mol. The number of ether oxygens (including phenoxy) is 1. The highest BCUT2D eigenvalue weighted by atomic mass is 35.5. The van der Waals surface area contributed by atoms with Crippen molar-refractivity contribution in [3.63, 3.8) is 0 Å². The molecule has 0 aromatic heterocycles. The van der Waals surface area contributed by atoms with Crippen LogP contribution in [-0.4, -0.2) is 18.5 Å². The van der Waals surface area contributed by atoms with Crippen LogP contribution in [0.3, 0.4) is 0 Å². The molecule has 21 heavy (non-hydrogen) atoms. The van der Waals surface area contributed by atoms with Crippen molar-refractivity contribution in [3.8, 4) is 0 Å². The first-order valence-electron chi connectivity index (χ1n) is 6.94. The van der Waals surface area contributed by atoms with E-state index < -0.39 is 17.3 Å². The van der Waals surface area contributed by atoms with E-state index in [4.69, 9.17) is 16.3 Å². The Kier molecular flexibility index (Phi) is 6.21. The molecule has 0 aliphatic carbocycles. The molecule has 5 heteroatoms. The third kappa shape index (κ3) is 5.38. The first kappa shape index (κ1) is 17.5. The van der Waals surface area contributed by atoms with E-state index >= 15 is 0 Å². The normalized spacial score (nSPS) is 12.6. The van der Waals surface area contributed by atoms with Crippen molar-refractivity contribution in [2.24, 2.45) is 11.3 Å². The summed E-state index contributed by atoms with van der Waals surface area (Å²) in [6.07, 6.45) is 0. The fraction of sp³-hybridized carbons (Fsp3) is 0.500. The second kappa shape index (κ2) is 7.46. The number of nitrogens with one attached hydrogen (secondary N) is 1. The maximum atomic E-state index is 12.3. The first-order chi connectivity index (χ1) is 9.75. The summed E-state index contributed by atoms with van der Waals surface area (Å²) in [6, 6.07) is 7.22. The van der Waals surface area contributed by atoms with Gasteiger partial charge in [-0.2, -0.15) is 0 Å². The van der Waals surface area contributed by atoms with Gasteiger partial charge in [0.2, 0.25) is 5.91 Å². The summed E-state index contributed by atoms with van der Waals surface area (Å²) in [5, 5.41) is 3.38. The van der Waals surface area contributed by atoms with Gasteiger partial charge in [-0.3, -0.25) is 9.59 Å². The molecule has 1 N–H and O–H groups in total. The number of halogens is 1. The van der Waals surface area contributed by atoms with Gasteiger partial charge in [-0.05, 0) is 30.0 Å². The van der Waals surface area contributed by atoms with Crippen LogP contribution in [0.15, 0.2) is 24.3 Å². The lowest BCUT2D eigenvalue weighted by atomic mass is 9.80. The molecule has 1 atom stereocenters. The molecule has 0 saturated carbocycles. The number of benzene rings is 1. The van der Waals surface area contributed by atoms with E-state index in [0.717, 1.165) is 5.56 Å². The number of carbonyl (C=O) groups excluding carboxylic acids is 2. The van der Waals surface area contributed by atoms with E-state index in [9.17, 15) is 9.59 Å². The minimum Gasteiger partial charge on any atom is -0.465 e. The summed E-state index contributed by atoms with van der Waals surface area (Å²) in [5.74, 6) is -1.66. The van der Waals surface area contributed by atoms with Gasteiger partial charge in [0.15, 0.2) is 0 Å². The molecule has 4 nitrogen and oxygen atoms in total. The number of hydrogen-bond acceptors (Lipinski definition) is 3.